The molecule has 34 heavy (non-hydrogen) atoms. The Morgan fingerprint density at radius 2 is 0.559 bits per heavy atom. The zero-order chi connectivity index (χ0) is 24.8. The minimum absolute atomic E-state index is 1.01. The van der Waals surface area contributed by atoms with Crippen LogP contribution in [0, 0.1) is 0 Å². The van der Waals surface area contributed by atoms with Crippen molar-refractivity contribution in [2.24, 2.45) is 5.16 Å². The molecule has 0 amide bonds. The quantitative estimate of drug-likeness (QED) is 0.0492. The van der Waals surface area contributed by atoms with Crippen molar-refractivity contribution < 1.29 is 5.21 Å². The third-order valence-corrected chi connectivity index (χ3v) is 7.53. The maximum Gasteiger partial charge on any atom is 0.0570 e. The number of hydrogen-bond donors (Lipinski definition) is 1. The molecule has 0 aliphatic heterocycles. The van der Waals surface area contributed by atoms with Crippen LogP contribution in [0.4, 0.5) is 0 Å². The summed E-state index contributed by atoms with van der Waals surface area (Å²) in [5.41, 5.74) is 1.04. The van der Waals surface area contributed by atoms with Crippen molar-refractivity contribution >= 4 is 5.71 Å². The molecule has 0 aliphatic carbocycles. The van der Waals surface area contributed by atoms with Crippen LogP contribution in [0.25, 0.3) is 0 Å². The number of rotatable bonds is 29. The number of hydrogen-bond acceptors (Lipinski definition) is 2. The average Bonchev–Trinajstić information content (AvgIpc) is 2.85. The Morgan fingerprint density at radius 1 is 0.353 bits per heavy atom. The van der Waals surface area contributed by atoms with Crippen LogP contribution in [0.15, 0.2) is 5.16 Å². The van der Waals surface area contributed by atoms with E-state index in [1.54, 1.807) is 0 Å². The zero-order valence-corrected chi connectivity index (χ0v) is 23.9. The van der Waals surface area contributed by atoms with Crippen LogP contribution in [0.1, 0.15) is 200 Å². The maximum atomic E-state index is 9.31. The van der Waals surface area contributed by atoms with Gasteiger partial charge in [0.15, 0.2) is 0 Å². The highest BCUT2D eigenvalue weighted by molar-refractivity contribution is 5.83. The summed E-state index contributed by atoms with van der Waals surface area (Å²) in [6, 6.07) is 0. The predicted octanol–water partition coefficient (Wildman–Crippen LogP) is 12.2. The van der Waals surface area contributed by atoms with E-state index in [-0.39, 0.29) is 0 Å². The molecule has 0 aromatic rings. The Kier molecular flexibility index (Phi) is 30.0. The summed E-state index contributed by atoms with van der Waals surface area (Å²) in [7, 11) is 0. The highest BCUT2D eigenvalue weighted by Crippen LogP contribution is 2.16. The van der Waals surface area contributed by atoms with E-state index in [1.165, 1.54) is 173 Å². The second kappa shape index (κ2) is 30.5. The van der Waals surface area contributed by atoms with Crippen molar-refractivity contribution in [3.05, 3.63) is 0 Å². The highest BCUT2D eigenvalue weighted by atomic mass is 16.4. The van der Waals surface area contributed by atoms with Gasteiger partial charge in [0.25, 0.3) is 0 Å². The minimum atomic E-state index is 1.01. The third kappa shape index (κ3) is 27.7. The SMILES string of the molecule is CCCCCCCCCCCCCCCCC(CCCCCCCCCCCCCCC)=NO. The molecular weight excluding hydrogens is 414 g/mol. The van der Waals surface area contributed by atoms with E-state index in [4.69, 9.17) is 0 Å². The standard InChI is InChI=1S/C32H65NO/c1-3-5-7-9-11-13-15-17-19-21-23-25-27-29-31-32(33-34)30-28-26-24-22-20-18-16-14-12-10-8-6-4-2/h34H,3-31H2,1-2H3. The van der Waals surface area contributed by atoms with Crippen LogP contribution in [0.5, 0.6) is 0 Å². The average molecular weight is 480 g/mol. The first-order valence-corrected chi connectivity index (χ1v) is 16.0. The highest BCUT2D eigenvalue weighted by Gasteiger charge is 2.02. The Bertz CT molecular complexity index is 392. The van der Waals surface area contributed by atoms with Gasteiger partial charge >= 0.3 is 0 Å². The van der Waals surface area contributed by atoms with Crippen molar-refractivity contribution in [3.8, 4) is 0 Å². The smallest absolute Gasteiger partial charge is 0.0570 e. The maximum absolute atomic E-state index is 9.31. The van der Waals surface area contributed by atoms with Crippen LogP contribution in [-0.2, 0) is 0 Å². The van der Waals surface area contributed by atoms with Gasteiger partial charge < -0.3 is 5.21 Å². The topological polar surface area (TPSA) is 32.6 Å². The van der Waals surface area contributed by atoms with Gasteiger partial charge in [-0.2, -0.15) is 0 Å². The summed E-state index contributed by atoms with van der Waals surface area (Å²) in [5.74, 6) is 0. The van der Waals surface area contributed by atoms with Crippen LogP contribution in [0.3, 0.4) is 0 Å². The Labute approximate surface area is 216 Å². The Morgan fingerprint density at radius 3 is 0.765 bits per heavy atom. The first kappa shape index (κ1) is 33.5. The van der Waals surface area contributed by atoms with Crippen molar-refractivity contribution in [2.45, 2.75) is 200 Å². The van der Waals surface area contributed by atoms with Gasteiger partial charge in [-0.3, -0.25) is 0 Å². The number of nitrogens with zero attached hydrogens (tertiary/aromatic N) is 1. The van der Waals surface area contributed by atoms with Crippen molar-refractivity contribution in [2.75, 3.05) is 0 Å². The van der Waals surface area contributed by atoms with Crippen LogP contribution in [-0.4, -0.2) is 10.9 Å². The summed E-state index contributed by atoms with van der Waals surface area (Å²) in [5, 5.41) is 12.9. The lowest BCUT2D eigenvalue weighted by molar-refractivity contribution is 0.315. The zero-order valence-electron chi connectivity index (χ0n) is 23.9. The normalized spacial score (nSPS) is 12.0. The summed E-state index contributed by atoms with van der Waals surface area (Å²) < 4.78 is 0. The molecule has 1 N–H and O–H groups in total. The fraction of sp³-hybridized carbons (Fsp3) is 0.969. The van der Waals surface area contributed by atoms with Gasteiger partial charge in [-0.1, -0.05) is 180 Å². The number of unbranched alkanes of at least 4 members (excludes halogenated alkanes) is 25. The molecule has 0 bridgehead atoms. The second-order valence-electron chi connectivity index (χ2n) is 11.0. The van der Waals surface area contributed by atoms with Crippen molar-refractivity contribution in [3.63, 3.8) is 0 Å². The predicted molar refractivity (Wildman–Crippen MR) is 154 cm³/mol. The van der Waals surface area contributed by atoms with Crippen LogP contribution in [0.2, 0.25) is 0 Å². The fourth-order valence-electron chi connectivity index (χ4n) is 5.10. The van der Waals surface area contributed by atoms with Gasteiger partial charge in [-0.05, 0) is 25.7 Å². The monoisotopic (exact) mass is 480 g/mol. The Hall–Kier alpha value is -0.530. The van der Waals surface area contributed by atoms with E-state index >= 15 is 0 Å². The molecule has 0 saturated heterocycles. The van der Waals surface area contributed by atoms with Gasteiger partial charge in [-0.25, -0.2) is 0 Å². The van der Waals surface area contributed by atoms with E-state index in [9.17, 15) is 5.21 Å². The third-order valence-electron chi connectivity index (χ3n) is 7.53. The first-order chi connectivity index (χ1) is 16.8. The van der Waals surface area contributed by atoms with Gasteiger partial charge in [0, 0.05) is 0 Å². The second-order valence-corrected chi connectivity index (χ2v) is 11.0. The summed E-state index contributed by atoms with van der Waals surface area (Å²) in [6.45, 7) is 4.58. The van der Waals surface area contributed by atoms with E-state index in [0.29, 0.717) is 0 Å². The van der Waals surface area contributed by atoms with E-state index < -0.39 is 0 Å². The molecule has 0 fully saturated rings. The molecule has 204 valence electrons. The van der Waals surface area contributed by atoms with Gasteiger partial charge in [-0.15, -0.1) is 0 Å². The lowest BCUT2D eigenvalue weighted by Crippen LogP contribution is -1.99. The van der Waals surface area contributed by atoms with E-state index in [2.05, 4.69) is 19.0 Å². The molecular formula is C32H65NO. The summed E-state index contributed by atoms with van der Waals surface area (Å²) in [4.78, 5) is 0. The molecule has 0 rings (SSSR count). The van der Waals surface area contributed by atoms with Crippen molar-refractivity contribution in [1.82, 2.24) is 0 Å². The molecule has 0 heterocycles. The lowest BCUT2D eigenvalue weighted by atomic mass is 10.0. The van der Waals surface area contributed by atoms with E-state index in [0.717, 1.165) is 18.6 Å². The molecule has 0 spiro atoms. The van der Waals surface area contributed by atoms with E-state index in [1.807, 2.05) is 0 Å². The largest absolute Gasteiger partial charge is 0.411 e. The molecule has 2 nitrogen and oxygen atoms in total. The molecule has 0 saturated carbocycles. The van der Waals surface area contributed by atoms with Crippen LogP contribution < -0.4 is 0 Å². The number of oxime groups is 1. The summed E-state index contributed by atoms with van der Waals surface area (Å²) in [6.07, 6.45) is 39.6. The molecule has 0 aromatic carbocycles. The molecule has 0 aromatic heterocycles. The fourth-order valence-corrected chi connectivity index (χ4v) is 5.10. The first-order valence-electron chi connectivity index (χ1n) is 16.0. The van der Waals surface area contributed by atoms with Gasteiger partial charge in [0.2, 0.25) is 0 Å². The molecule has 0 atom stereocenters. The molecule has 0 aliphatic rings. The molecule has 0 radical (unpaired) electrons. The molecule has 0 unspecified atom stereocenters. The summed E-state index contributed by atoms with van der Waals surface area (Å²) >= 11 is 0. The van der Waals surface area contributed by atoms with Gasteiger partial charge in [0.05, 0.1) is 5.71 Å². The molecule has 2 heteroatoms. The lowest BCUT2D eigenvalue weighted by Gasteiger charge is -2.06. The van der Waals surface area contributed by atoms with Crippen LogP contribution >= 0.6 is 0 Å². The Balaban J connectivity index is 3.28. The van der Waals surface area contributed by atoms with Gasteiger partial charge in [0.1, 0.15) is 0 Å². The minimum Gasteiger partial charge on any atom is -0.411 e. The van der Waals surface area contributed by atoms with Crippen molar-refractivity contribution in [1.29, 1.82) is 0 Å².